The third-order valence-electron chi connectivity index (χ3n) is 2.76. The van der Waals surface area contributed by atoms with E-state index in [0.717, 1.165) is 16.9 Å². The molecule has 0 saturated carbocycles. The summed E-state index contributed by atoms with van der Waals surface area (Å²) in [5.74, 6) is 0.665. The number of hydrogen-bond acceptors (Lipinski definition) is 4. The number of hydrogen-bond donors (Lipinski definition) is 2. The van der Waals surface area contributed by atoms with Crippen molar-refractivity contribution < 1.29 is 9.47 Å². The molecule has 3 N–H and O–H groups in total. The fraction of sp³-hybridized carbons (Fsp3) is 0.200. The van der Waals surface area contributed by atoms with Crippen molar-refractivity contribution in [3.63, 3.8) is 0 Å². The van der Waals surface area contributed by atoms with Crippen molar-refractivity contribution in [2.45, 2.75) is 6.61 Å². The number of nitrogen functional groups attached to an aromatic ring is 1. The van der Waals surface area contributed by atoms with E-state index in [1.807, 2.05) is 42.5 Å². The molecule has 0 amide bonds. The number of nitrogens with two attached hydrogens (primary N) is 1. The lowest BCUT2D eigenvalue weighted by molar-refractivity contribution is 0.185. The Morgan fingerprint density at radius 3 is 2.58 bits per heavy atom. The van der Waals surface area contributed by atoms with Crippen LogP contribution in [0.25, 0.3) is 0 Å². The average Bonchev–Trinajstić information content (AvgIpc) is 2.42. The molecule has 4 nitrogen and oxygen atoms in total. The van der Waals surface area contributed by atoms with Gasteiger partial charge in [0.15, 0.2) is 0 Å². The SMILES string of the molecule is COCc1cccc(Nc2ccc(N)c(OC)c2)c1. The van der Waals surface area contributed by atoms with Gasteiger partial charge in [0.05, 0.1) is 19.4 Å². The van der Waals surface area contributed by atoms with Crippen LogP contribution in [0.1, 0.15) is 5.56 Å². The number of benzene rings is 2. The Labute approximate surface area is 113 Å². The van der Waals surface area contributed by atoms with Crippen LogP contribution in [0.2, 0.25) is 0 Å². The Morgan fingerprint density at radius 1 is 1.05 bits per heavy atom. The van der Waals surface area contributed by atoms with E-state index >= 15 is 0 Å². The molecule has 2 aromatic carbocycles. The van der Waals surface area contributed by atoms with E-state index in [2.05, 4.69) is 5.32 Å². The molecule has 0 atom stereocenters. The predicted molar refractivity (Wildman–Crippen MR) is 77.8 cm³/mol. The summed E-state index contributed by atoms with van der Waals surface area (Å²) in [6, 6.07) is 13.7. The van der Waals surface area contributed by atoms with Gasteiger partial charge in [-0.15, -0.1) is 0 Å². The van der Waals surface area contributed by atoms with Gasteiger partial charge in [-0.1, -0.05) is 12.1 Å². The summed E-state index contributed by atoms with van der Waals surface area (Å²) in [4.78, 5) is 0. The molecular weight excluding hydrogens is 240 g/mol. The van der Waals surface area contributed by atoms with Gasteiger partial charge in [-0.25, -0.2) is 0 Å². The van der Waals surface area contributed by atoms with Crippen molar-refractivity contribution in [2.24, 2.45) is 0 Å². The summed E-state index contributed by atoms with van der Waals surface area (Å²) in [7, 11) is 3.29. The average molecular weight is 258 g/mol. The van der Waals surface area contributed by atoms with Gasteiger partial charge in [-0.3, -0.25) is 0 Å². The van der Waals surface area contributed by atoms with Gasteiger partial charge in [-0.05, 0) is 29.8 Å². The quantitative estimate of drug-likeness (QED) is 0.809. The van der Waals surface area contributed by atoms with Crippen molar-refractivity contribution in [2.75, 3.05) is 25.3 Å². The minimum Gasteiger partial charge on any atom is -0.495 e. The number of nitrogens with one attached hydrogen (secondary N) is 1. The number of rotatable bonds is 5. The highest BCUT2D eigenvalue weighted by Crippen LogP contribution is 2.27. The molecule has 4 heteroatoms. The Kier molecular flexibility index (Phi) is 4.26. The largest absolute Gasteiger partial charge is 0.495 e. The van der Waals surface area contributed by atoms with Crippen LogP contribution in [0.3, 0.4) is 0 Å². The fourth-order valence-electron chi connectivity index (χ4n) is 1.86. The first-order chi connectivity index (χ1) is 9.22. The topological polar surface area (TPSA) is 56.5 Å². The second-order valence-electron chi connectivity index (χ2n) is 4.22. The van der Waals surface area contributed by atoms with E-state index in [1.54, 1.807) is 14.2 Å². The van der Waals surface area contributed by atoms with Crippen molar-refractivity contribution in [3.05, 3.63) is 48.0 Å². The lowest BCUT2D eigenvalue weighted by Gasteiger charge is -2.11. The third-order valence-corrected chi connectivity index (χ3v) is 2.76. The zero-order chi connectivity index (χ0) is 13.7. The molecule has 0 aliphatic heterocycles. The van der Waals surface area contributed by atoms with Crippen LogP contribution in [-0.4, -0.2) is 14.2 Å². The molecule has 0 radical (unpaired) electrons. The molecule has 0 aliphatic rings. The van der Waals surface area contributed by atoms with E-state index in [1.165, 1.54) is 0 Å². The number of ether oxygens (including phenoxy) is 2. The first-order valence-electron chi connectivity index (χ1n) is 6.01. The summed E-state index contributed by atoms with van der Waals surface area (Å²) >= 11 is 0. The molecule has 0 unspecified atom stereocenters. The second kappa shape index (κ2) is 6.11. The highest BCUT2D eigenvalue weighted by Gasteiger charge is 2.02. The number of anilines is 3. The Bertz CT molecular complexity index is 556. The Balaban J connectivity index is 2.18. The minimum atomic E-state index is 0.598. The molecular formula is C15H18N2O2. The Hall–Kier alpha value is -2.20. The lowest BCUT2D eigenvalue weighted by atomic mass is 10.2. The maximum Gasteiger partial charge on any atom is 0.143 e. The monoisotopic (exact) mass is 258 g/mol. The van der Waals surface area contributed by atoms with Gasteiger partial charge in [0.25, 0.3) is 0 Å². The van der Waals surface area contributed by atoms with Crippen LogP contribution in [0.5, 0.6) is 5.75 Å². The summed E-state index contributed by atoms with van der Waals surface area (Å²) < 4.78 is 10.3. The lowest BCUT2D eigenvalue weighted by Crippen LogP contribution is -1.96. The number of methoxy groups -OCH3 is 2. The molecule has 19 heavy (non-hydrogen) atoms. The summed E-state index contributed by atoms with van der Waals surface area (Å²) in [5, 5.41) is 3.31. The summed E-state index contributed by atoms with van der Waals surface area (Å²) in [6.07, 6.45) is 0. The maximum absolute atomic E-state index is 5.79. The van der Waals surface area contributed by atoms with Crippen LogP contribution in [-0.2, 0) is 11.3 Å². The molecule has 0 aliphatic carbocycles. The molecule has 0 saturated heterocycles. The standard InChI is InChI=1S/C15H18N2O2/c1-18-10-11-4-3-5-12(8-11)17-13-6-7-14(16)15(9-13)19-2/h3-9,17H,10,16H2,1-2H3. The zero-order valence-corrected chi connectivity index (χ0v) is 11.1. The third kappa shape index (κ3) is 3.39. The smallest absolute Gasteiger partial charge is 0.143 e. The highest BCUT2D eigenvalue weighted by atomic mass is 16.5. The van der Waals surface area contributed by atoms with E-state index < -0.39 is 0 Å². The van der Waals surface area contributed by atoms with Gasteiger partial charge in [-0.2, -0.15) is 0 Å². The summed E-state index contributed by atoms with van der Waals surface area (Å²) in [6.45, 7) is 0.598. The molecule has 0 aromatic heterocycles. The predicted octanol–water partition coefficient (Wildman–Crippen LogP) is 3.17. The normalized spacial score (nSPS) is 10.2. The van der Waals surface area contributed by atoms with Gasteiger partial charge in [0.1, 0.15) is 5.75 Å². The molecule has 2 rings (SSSR count). The van der Waals surface area contributed by atoms with Crippen LogP contribution >= 0.6 is 0 Å². The van der Waals surface area contributed by atoms with Crippen molar-refractivity contribution in [1.29, 1.82) is 0 Å². The van der Waals surface area contributed by atoms with E-state index in [9.17, 15) is 0 Å². The molecule has 2 aromatic rings. The van der Waals surface area contributed by atoms with Gasteiger partial charge in [0.2, 0.25) is 0 Å². The minimum absolute atomic E-state index is 0.598. The molecule has 0 bridgehead atoms. The Morgan fingerprint density at radius 2 is 1.84 bits per heavy atom. The van der Waals surface area contributed by atoms with Crippen LogP contribution in [0.15, 0.2) is 42.5 Å². The van der Waals surface area contributed by atoms with Crippen LogP contribution in [0, 0.1) is 0 Å². The van der Waals surface area contributed by atoms with E-state index in [4.69, 9.17) is 15.2 Å². The van der Waals surface area contributed by atoms with Gasteiger partial charge >= 0.3 is 0 Å². The van der Waals surface area contributed by atoms with Gasteiger partial charge < -0.3 is 20.5 Å². The van der Waals surface area contributed by atoms with Crippen molar-refractivity contribution in [3.8, 4) is 5.75 Å². The molecule has 0 spiro atoms. The fourth-order valence-corrected chi connectivity index (χ4v) is 1.86. The molecule has 0 fully saturated rings. The van der Waals surface area contributed by atoms with Crippen molar-refractivity contribution >= 4 is 17.1 Å². The van der Waals surface area contributed by atoms with Crippen LogP contribution in [0.4, 0.5) is 17.1 Å². The van der Waals surface area contributed by atoms with E-state index in [0.29, 0.717) is 18.0 Å². The second-order valence-corrected chi connectivity index (χ2v) is 4.22. The zero-order valence-electron chi connectivity index (χ0n) is 11.1. The molecule has 100 valence electrons. The first kappa shape index (κ1) is 13.2. The van der Waals surface area contributed by atoms with E-state index in [-0.39, 0.29) is 0 Å². The van der Waals surface area contributed by atoms with Crippen molar-refractivity contribution in [1.82, 2.24) is 0 Å². The van der Waals surface area contributed by atoms with Crippen LogP contribution < -0.4 is 15.8 Å². The van der Waals surface area contributed by atoms with Gasteiger partial charge in [0, 0.05) is 24.6 Å². The first-order valence-corrected chi connectivity index (χ1v) is 6.01. The highest BCUT2D eigenvalue weighted by molar-refractivity contribution is 5.67. The molecule has 0 heterocycles. The maximum atomic E-state index is 5.79. The summed E-state index contributed by atoms with van der Waals surface area (Å²) in [5.41, 5.74) is 9.47.